The molecule has 2 saturated heterocycles. The lowest BCUT2D eigenvalue weighted by molar-refractivity contribution is -0.137. The molecule has 0 bridgehead atoms. The van der Waals surface area contributed by atoms with E-state index in [0.717, 1.165) is 35.9 Å². The molecule has 0 aliphatic carbocycles. The third kappa shape index (κ3) is 4.48. The van der Waals surface area contributed by atoms with Crippen molar-refractivity contribution in [2.75, 3.05) is 50.4 Å². The summed E-state index contributed by atoms with van der Waals surface area (Å²) < 4.78 is 26.9. The van der Waals surface area contributed by atoms with E-state index in [-0.39, 0.29) is 11.8 Å². The fourth-order valence-electron chi connectivity index (χ4n) is 4.76. The molecule has 8 nitrogen and oxygen atoms in total. The zero-order valence-electron chi connectivity index (χ0n) is 18.5. The molecule has 2 aliphatic rings. The number of amides is 1. The summed E-state index contributed by atoms with van der Waals surface area (Å²) >= 11 is 0. The fourth-order valence-corrected chi connectivity index (χ4v) is 5.63. The summed E-state index contributed by atoms with van der Waals surface area (Å²) in [4.78, 5) is 17.3. The molecular weight excluding hydrogens is 414 g/mol. The minimum absolute atomic E-state index is 0.0751. The highest BCUT2D eigenvalue weighted by molar-refractivity contribution is 7.88. The van der Waals surface area contributed by atoms with E-state index in [2.05, 4.69) is 24.0 Å². The van der Waals surface area contributed by atoms with Crippen LogP contribution in [0.2, 0.25) is 0 Å². The summed E-state index contributed by atoms with van der Waals surface area (Å²) in [7, 11) is -3.17. The second-order valence-corrected chi connectivity index (χ2v) is 10.5. The normalized spacial score (nSPS) is 19.1. The van der Waals surface area contributed by atoms with Crippen molar-refractivity contribution in [1.82, 2.24) is 19.0 Å². The molecule has 2 aliphatic heterocycles. The smallest absolute Gasteiger partial charge is 0.225 e. The third-order valence-electron chi connectivity index (χ3n) is 6.43. The molecule has 4 rings (SSSR count). The number of piperidine rings is 1. The number of rotatable bonds is 4. The predicted molar refractivity (Wildman–Crippen MR) is 121 cm³/mol. The molecule has 0 atom stereocenters. The van der Waals surface area contributed by atoms with E-state index in [1.165, 1.54) is 10.6 Å². The Morgan fingerprint density at radius 2 is 1.58 bits per heavy atom. The van der Waals surface area contributed by atoms with Crippen LogP contribution < -0.4 is 4.90 Å². The Morgan fingerprint density at radius 1 is 0.968 bits per heavy atom. The van der Waals surface area contributed by atoms with Gasteiger partial charge in [0.1, 0.15) is 0 Å². The molecule has 0 unspecified atom stereocenters. The van der Waals surface area contributed by atoms with E-state index in [1.807, 2.05) is 34.7 Å². The topological polar surface area (TPSA) is 78.8 Å². The number of benzene rings is 1. The Morgan fingerprint density at radius 3 is 2.16 bits per heavy atom. The fraction of sp³-hybridized carbons (Fsp3) is 0.545. The molecule has 1 aromatic carbocycles. The highest BCUT2D eigenvalue weighted by Gasteiger charge is 2.33. The van der Waals surface area contributed by atoms with E-state index < -0.39 is 10.0 Å². The average Bonchev–Trinajstić information content (AvgIpc) is 3.07. The summed E-state index contributed by atoms with van der Waals surface area (Å²) in [6.45, 7) is 7.91. The van der Waals surface area contributed by atoms with Crippen molar-refractivity contribution < 1.29 is 13.2 Å². The number of aryl methyl sites for hydroxylation is 1. The zero-order valence-corrected chi connectivity index (χ0v) is 19.3. The maximum Gasteiger partial charge on any atom is 0.225 e. The standard InChI is InChI=1S/C22H31N5O3S/c1-17-21(18(2)27(23-17)20-7-5-4-6-8-20)24-13-15-25(16-14-24)22(28)19-9-11-26(12-10-19)31(3,29)30/h4-8,19H,9-16H2,1-3H3. The van der Waals surface area contributed by atoms with Crippen LogP contribution in [0.3, 0.4) is 0 Å². The summed E-state index contributed by atoms with van der Waals surface area (Å²) in [6.07, 6.45) is 2.45. The van der Waals surface area contributed by atoms with Gasteiger partial charge in [0.25, 0.3) is 0 Å². The lowest BCUT2D eigenvalue weighted by atomic mass is 9.96. The lowest BCUT2D eigenvalue weighted by Gasteiger charge is -2.39. The first-order valence-electron chi connectivity index (χ1n) is 10.9. The predicted octanol–water partition coefficient (Wildman–Crippen LogP) is 1.81. The van der Waals surface area contributed by atoms with Crippen LogP contribution in [0.4, 0.5) is 5.69 Å². The van der Waals surface area contributed by atoms with Gasteiger partial charge in [0.2, 0.25) is 15.9 Å². The molecule has 168 valence electrons. The molecule has 0 radical (unpaired) electrons. The van der Waals surface area contributed by atoms with Gasteiger partial charge in [-0.3, -0.25) is 4.79 Å². The van der Waals surface area contributed by atoms with Crippen molar-refractivity contribution in [3.8, 4) is 5.69 Å². The molecule has 1 amide bonds. The number of hydrogen-bond donors (Lipinski definition) is 0. The highest BCUT2D eigenvalue weighted by atomic mass is 32.2. The molecule has 2 fully saturated rings. The Balaban J connectivity index is 1.38. The number of carbonyl (C=O) groups excluding carboxylic acids is 1. The van der Waals surface area contributed by atoms with Gasteiger partial charge in [-0.05, 0) is 38.8 Å². The van der Waals surface area contributed by atoms with Crippen molar-refractivity contribution in [3.63, 3.8) is 0 Å². The molecular formula is C22H31N5O3S. The number of hydrogen-bond acceptors (Lipinski definition) is 5. The van der Waals surface area contributed by atoms with Crippen molar-refractivity contribution in [2.24, 2.45) is 5.92 Å². The van der Waals surface area contributed by atoms with Crippen molar-refractivity contribution in [3.05, 3.63) is 41.7 Å². The van der Waals surface area contributed by atoms with Gasteiger partial charge >= 0.3 is 0 Å². The first-order chi connectivity index (χ1) is 14.8. The number of anilines is 1. The summed E-state index contributed by atoms with van der Waals surface area (Å²) in [5.74, 6) is 0.0927. The van der Waals surface area contributed by atoms with Gasteiger partial charge in [-0.2, -0.15) is 5.10 Å². The Hall–Kier alpha value is -2.39. The van der Waals surface area contributed by atoms with E-state index in [0.29, 0.717) is 39.0 Å². The molecule has 9 heteroatoms. The second kappa shape index (κ2) is 8.63. The van der Waals surface area contributed by atoms with Gasteiger partial charge in [-0.15, -0.1) is 0 Å². The second-order valence-electron chi connectivity index (χ2n) is 8.52. The molecule has 0 spiro atoms. The molecule has 0 N–H and O–H groups in total. The number of nitrogens with zero attached hydrogens (tertiary/aromatic N) is 5. The van der Waals surface area contributed by atoms with E-state index in [1.54, 1.807) is 0 Å². The Labute approximate surface area is 184 Å². The van der Waals surface area contributed by atoms with Gasteiger partial charge in [-0.1, -0.05) is 18.2 Å². The van der Waals surface area contributed by atoms with Crippen molar-refractivity contribution in [1.29, 1.82) is 0 Å². The van der Waals surface area contributed by atoms with Crippen LogP contribution in [0.1, 0.15) is 24.2 Å². The van der Waals surface area contributed by atoms with Crippen molar-refractivity contribution >= 4 is 21.6 Å². The minimum atomic E-state index is -3.17. The lowest BCUT2D eigenvalue weighted by Crippen LogP contribution is -2.52. The minimum Gasteiger partial charge on any atom is -0.365 e. The van der Waals surface area contributed by atoms with Crippen LogP contribution in [0, 0.1) is 19.8 Å². The Kier molecular flexibility index (Phi) is 6.07. The van der Waals surface area contributed by atoms with Crippen LogP contribution in [-0.2, 0) is 14.8 Å². The average molecular weight is 446 g/mol. The number of piperazine rings is 1. The molecule has 31 heavy (non-hydrogen) atoms. The molecule has 3 heterocycles. The number of para-hydroxylation sites is 1. The first kappa shape index (κ1) is 21.8. The van der Waals surface area contributed by atoms with Gasteiger partial charge in [-0.25, -0.2) is 17.4 Å². The number of sulfonamides is 1. The first-order valence-corrected chi connectivity index (χ1v) is 12.7. The third-order valence-corrected chi connectivity index (χ3v) is 7.74. The largest absolute Gasteiger partial charge is 0.365 e. The van der Waals surface area contributed by atoms with Crippen LogP contribution in [-0.4, -0.2) is 78.8 Å². The maximum absolute atomic E-state index is 13.0. The van der Waals surface area contributed by atoms with Crippen LogP contribution in [0.5, 0.6) is 0 Å². The molecule has 1 aromatic heterocycles. The van der Waals surface area contributed by atoms with Crippen LogP contribution >= 0.6 is 0 Å². The highest BCUT2D eigenvalue weighted by Crippen LogP contribution is 2.28. The summed E-state index contributed by atoms with van der Waals surface area (Å²) in [5, 5.41) is 4.75. The molecule has 2 aromatic rings. The maximum atomic E-state index is 13.0. The zero-order chi connectivity index (χ0) is 22.2. The van der Waals surface area contributed by atoms with Crippen LogP contribution in [0.15, 0.2) is 30.3 Å². The number of carbonyl (C=O) groups is 1. The van der Waals surface area contributed by atoms with E-state index >= 15 is 0 Å². The van der Waals surface area contributed by atoms with Gasteiger partial charge in [0, 0.05) is 45.2 Å². The SMILES string of the molecule is Cc1nn(-c2ccccc2)c(C)c1N1CCN(C(=O)C2CCN(S(C)(=O)=O)CC2)CC1. The molecule has 0 saturated carbocycles. The summed E-state index contributed by atoms with van der Waals surface area (Å²) in [5.41, 5.74) is 4.30. The quantitative estimate of drug-likeness (QED) is 0.717. The summed E-state index contributed by atoms with van der Waals surface area (Å²) in [6, 6.07) is 10.1. The van der Waals surface area contributed by atoms with Gasteiger partial charge in [0.05, 0.1) is 29.0 Å². The monoisotopic (exact) mass is 445 g/mol. The number of aromatic nitrogens is 2. The van der Waals surface area contributed by atoms with Gasteiger partial charge in [0.15, 0.2) is 0 Å². The Bertz CT molecular complexity index is 1030. The van der Waals surface area contributed by atoms with E-state index in [9.17, 15) is 13.2 Å². The van der Waals surface area contributed by atoms with Crippen molar-refractivity contribution in [2.45, 2.75) is 26.7 Å². The van der Waals surface area contributed by atoms with Gasteiger partial charge < -0.3 is 9.80 Å². The van der Waals surface area contributed by atoms with E-state index in [4.69, 9.17) is 5.10 Å². The van der Waals surface area contributed by atoms with Crippen LogP contribution in [0.25, 0.3) is 5.69 Å².